The van der Waals surface area contributed by atoms with Crippen molar-refractivity contribution < 1.29 is 16.4 Å². The fourth-order valence-electron chi connectivity index (χ4n) is 0. The van der Waals surface area contributed by atoms with Crippen molar-refractivity contribution in [2.75, 3.05) is 0 Å². The predicted molar refractivity (Wildman–Crippen MR) is 30.7 cm³/mol. The van der Waals surface area contributed by atoms with Crippen LogP contribution >= 0.6 is 0 Å². The zero-order valence-corrected chi connectivity index (χ0v) is 7.22. The van der Waals surface area contributed by atoms with Crippen LogP contribution in [0.25, 0.3) is 0 Å². The summed E-state index contributed by atoms with van der Waals surface area (Å²) in [6.07, 6.45) is 0. The van der Waals surface area contributed by atoms with Crippen LogP contribution in [0.2, 0.25) is 0 Å². The molecule has 0 aliphatic heterocycles. The molecule has 0 atom stereocenters. The van der Waals surface area contributed by atoms with E-state index in [-0.39, 0.29) is 102 Å². The van der Waals surface area contributed by atoms with Gasteiger partial charge in [0.15, 0.2) is 0 Å². The fraction of sp³-hybridized carbons (Fsp3) is 0. The molecule has 0 amide bonds. The Balaban J connectivity index is 0. The van der Waals surface area contributed by atoms with Crippen molar-refractivity contribution in [2.45, 2.75) is 0 Å². The maximum Gasteiger partial charge on any atom is 3.00 e. The number of hydrogen-bond acceptors (Lipinski definition) is 0. The van der Waals surface area contributed by atoms with Crippen LogP contribution < -0.4 is 0 Å². The molecule has 32 valence electrons. The first-order chi connectivity index (χ1) is 0. The minimum atomic E-state index is 0. The third-order valence-corrected chi connectivity index (χ3v) is 0. The molecule has 7 heteroatoms. The van der Waals surface area contributed by atoms with Crippen molar-refractivity contribution in [3.05, 3.63) is 0 Å². The van der Waals surface area contributed by atoms with Crippen molar-refractivity contribution in [3.63, 3.8) is 0 Å². The van der Waals surface area contributed by atoms with Gasteiger partial charge in [-0.05, 0) is 0 Å². The third-order valence-electron chi connectivity index (χ3n) is 0. The van der Waals surface area contributed by atoms with Gasteiger partial charge in [-0.25, -0.2) is 0 Å². The molecular formula is H4Ga2Mg2O3. The minimum absolute atomic E-state index is 0. The summed E-state index contributed by atoms with van der Waals surface area (Å²) in [6, 6.07) is 0. The normalized spacial score (nSPS) is 0. The van der Waals surface area contributed by atoms with Crippen LogP contribution in [0.5, 0.6) is 0 Å². The van der Waals surface area contributed by atoms with Crippen molar-refractivity contribution in [3.8, 4) is 0 Å². The van der Waals surface area contributed by atoms with Gasteiger partial charge in [0.1, 0.15) is 0 Å². The Labute approximate surface area is 101 Å². The van der Waals surface area contributed by atoms with E-state index in [9.17, 15) is 0 Å². The van der Waals surface area contributed by atoms with Gasteiger partial charge in [-0.2, -0.15) is 0 Å². The van der Waals surface area contributed by atoms with E-state index >= 15 is 0 Å². The molecule has 0 rings (SSSR count). The Kier molecular flexibility index (Phi) is 1030. The largest absolute Gasteiger partial charge is 3.00 e. The summed E-state index contributed by atoms with van der Waals surface area (Å²) in [5.41, 5.74) is 0. The van der Waals surface area contributed by atoms with Crippen molar-refractivity contribution >= 4 is 85.7 Å². The Bertz CT molecular complexity index is 10.9. The zero-order valence-electron chi connectivity index (χ0n) is 2.38. The molecular weight excluding hydrogens is 236 g/mol. The van der Waals surface area contributed by atoms with Crippen LogP contribution in [0.4, 0.5) is 0 Å². The average Bonchev–Trinajstić information content (AvgIpc) is 0. The first kappa shape index (κ1) is 101. The molecule has 0 heterocycles. The molecule has 3 nitrogen and oxygen atoms in total. The van der Waals surface area contributed by atoms with Gasteiger partial charge in [-0.3, -0.25) is 0 Å². The summed E-state index contributed by atoms with van der Waals surface area (Å²) in [4.78, 5) is 0. The van der Waals surface area contributed by atoms with Gasteiger partial charge in [0.05, 0.1) is 0 Å². The molecule has 0 fully saturated rings. The van der Waals surface area contributed by atoms with Crippen LogP contribution in [0, 0.1) is 0 Å². The molecule has 0 saturated heterocycles. The van der Waals surface area contributed by atoms with Crippen LogP contribution in [0.1, 0.15) is 0 Å². The van der Waals surface area contributed by atoms with E-state index in [2.05, 4.69) is 0 Å². The van der Waals surface area contributed by atoms with Gasteiger partial charge in [-0.1, -0.05) is 0 Å². The Morgan fingerprint density at radius 1 is 0.429 bits per heavy atom. The third kappa shape index (κ3) is 53.8. The average molecular weight is 240 g/mol. The first-order valence-corrected chi connectivity index (χ1v) is 0. The van der Waals surface area contributed by atoms with Gasteiger partial charge < -0.3 is 16.4 Å². The topological polar surface area (TPSA) is 85.5 Å². The van der Waals surface area contributed by atoms with Crippen molar-refractivity contribution in [1.82, 2.24) is 0 Å². The van der Waals surface area contributed by atoms with E-state index in [0.29, 0.717) is 0 Å². The molecule has 0 aromatic heterocycles. The van der Waals surface area contributed by atoms with E-state index < -0.39 is 0 Å². The second-order valence-corrected chi connectivity index (χ2v) is 0. The summed E-state index contributed by atoms with van der Waals surface area (Å²) in [5.74, 6) is 0. The Morgan fingerprint density at radius 3 is 0.429 bits per heavy atom. The smallest absolute Gasteiger partial charge is 2.00 e. The molecule has 0 aliphatic rings. The van der Waals surface area contributed by atoms with Crippen molar-refractivity contribution in [1.29, 1.82) is 0 Å². The molecule has 0 N–H and O–H groups in total. The molecule has 0 aromatic carbocycles. The van der Waals surface area contributed by atoms with Gasteiger partial charge in [0.25, 0.3) is 0 Å². The molecule has 0 aromatic rings. The van der Waals surface area contributed by atoms with Gasteiger partial charge in [0, 0.05) is 0 Å². The maximum atomic E-state index is 0. The predicted octanol–water partition coefficient (Wildman–Crippen LogP) is -2.95. The molecule has 0 spiro atoms. The van der Waals surface area contributed by atoms with Gasteiger partial charge in [-0.15, -0.1) is 0 Å². The molecule has 0 unspecified atom stereocenters. The number of hydrogen-bond donors (Lipinski definition) is 0. The van der Waals surface area contributed by atoms with E-state index in [1.54, 1.807) is 0 Å². The molecule has 7 heavy (non-hydrogen) atoms. The second-order valence-electron chi connectivity index (χ2n) is 0. The first-order valence-electron chi connectivity index (χ1n) is 0. The SMILES string of the molecule is [Ga+3].[Ga+3].[MgH2].[MgH2].[O-2].[O-2].[O-2]. The Hall–Kier alpha value is 2.69. The van der Waals surface area contributed by atoms with Crippen LogP contribution in [-0.4, -0.2) is 85.7 Å². The molecule has 0 saturated carbocycles. The summed E-state index contributed by atoms with van der Waals surface area (Å²) in [7, 11) is 0. The summed E-state index contributed by atoms with van der Waals surface area (Å²) < 4.78 is 0. The molecule has 0 radical (unpaired) electrons. The summed E-state index contributed by atoms with van der Waals surface area (Å²) >= 11 is 0. The molecule has 0 aliphatic carbocycles. The van der Waals surface area contributed by atoms with E-state index in [1.165, 1.54) is 0 Å². The van der Waals surface area contributed by atoms with Gasteiger partial charge in [0.2, 0.25) is 0 Å². The summed E-state index contributed by atoms with van der Waals surface area (Å²) in [5, 5.41) is 0. The monoisotopic (exact) mass is 238 g/mol. The quantitative estimate of drug-likeness (QED) is 0.405. The molecule has 0 bridgehead atoms. The van der Waals surface area contributed by atoms with E-state index in [4.69, 9.17) is 0 Å². The van der Waals surface area contributed by atoms with E-state index in [0.717, 1.165) is 0 Å². The maximum absolute atomic E-state index is 0. The number of rotatable bonds is 0. The standard InChI is InChI=1S/2Ga.2Mg.3O.4H/q2*+3;;;3*-2;;;;. The second kappa shape index (κ2) is 71.1. The van der Waals surface area contributed by atoms with E-state index in [1.807, 2.05) is 0 Å². The van der Waals surface area contributed by atoms with Crippen LogP contribution in [-0.2, 0) is 16.4 Å². The zero-order chi connectivity index (χ0) is 0. The fourth-order valence-corrected chi connectivity index (χ4v) is 0. The van der Waals surface area contributed by atoms with Gasteiger partial charge >= 0.3 is 85.7 Å². The van der Waals surface area contributed by atoms with Crippen molar-refractivity contribution in [2.24, 2.45) is 0 Å². The Morgan fingerprint density at radius 2 is 0.429 bits per heavy atom. The van der Waals surface area contributed by atoms with Crippen LogP contribution in [0.3, 0.4) is 0 Å². The summed E-state index contributed by atoms with van der Waals surface area (Å²) in [6.45, 7) is 0. The van der Waals surface area contributed by atoms with Crippen LogP contribution in [0.15, 0.2) is 0 Å². The minimum Gasteiger partial charge on any atom is -2.00 e.